The number of nitrogens with one attached hydrogen (secondary N) is 3. The lowest BCUT2D eigenvalue weighted by Crippen LogP contribution is -2.44. The summed E-state index contributed by atoms with van der Waals surface area (Å²) in [5.74, 6) is 0. The summed E-state index contributed by atoms with van der Waals surface area (Å²) in [5, 5.41) is 6.55. The zero-order chi connectivity index (χ0) is 9.97. The molecule has 76 valence electrons. The summed E-state index contributed by atoms with van der Waals surface area (Å²) < 4.78 is 0.902. The average molecular weight is 258 g/mol. The first-order valence-corrected chi connectivity index (χ1v) is 5.39. The molecule has 1 unspecified atom stereocenters. The monoisotopic (exact) mass is 257 g/mol. The molecule has 14 heavy (non-hydrogen) atoms. The number of hydrogen-bond acceptors (Lipinski definition) is 3. The molecule has 0 amide bonds. The molecule has 1 atom stereocenters. The molecule has 1 fully saturated rings. The lowest BCUT2D eigenvalue weighted by atomic mass is 10.1. The van der Waals surface area contributed by atoms with Crippen LogP contribution in [0.2, 0.25) is 0 Å². The smallest absolute Gasteiger partial charge is 0.252 e. The highest BCUT2D eigenvalue weighted by Crippen LogP contribution is 2.13. The fourth-order valence-electron chi connectivity index (χ4n) is 1.61. The summed E-state index contributed by atoms with van der Waals surface area (Å²) in [5.41, 5.74) is 0.765. The minimum absolute atomic E-state index is 0.0191. The molecule has 1 aliphatic heterocycles. The Kier molecular flexibility index (Phi) is 3.00. The molecule has 0 aliphatic carbocycles. The van der Waals surface area contributed by atoms with Gasteiger partial charge in [-0.25, -0.2) is 0 Å². The molecule has 0 radical (unpaired) electrons. The Morgan fingerprint density at radius 1 is 1.43 bits per heavy atom. The predicted octanol–water partition coefficient (Wildman–Crippen LogP) is 0.371. The van der Waals surface area contributed by atoms with Gasteiger partial charge in [-0.1, -0.05) is 0 Å². The summed E-state index contributed by atoms with van der Waals surface area (Å²) in [6.45, 7) is 2.67. The third kappa shape index (κ3) is 2.05. The van der Waals surface area contributed by atoms with Gasteiger partial charge in [-0.05, 0) is 22.0 Å². The minimum atomic E-state index is -0.0191. The van der Waals surface area contributed by atoms with Crippen molar-refractivity contribution in [3.05, 3.63) is 32.7 Å². The van der Waals surface area contributed by atoms with Crippen molar-refractivity contribution in [2.45, 2.75) is 6.04 Å². The molecule has 4 nitrogen and oxygen atoms in total. The van der Waals surface area contributed by atoms with Crippen LogP contribution in [0.3, 0.4) is 0 Å². The molecule has 2 heterocycles. The number of hydrogen-bond donors (Lipinski definition) is 3. The second-order valence-electron chi connectivity index (χ2n) is 3.31. The SMILES string of the molecule is O=c1[nH]cc(Br)cc1C1CNCCN1. The van der Waals surface area contributed by atoms with Crippen LogP contribution in [0.25, 0.3) is 0 Å². The Morgan fingerprint density at radius 3 is 3.00 bits per heavy atom. The topological polar surface area (TPSA) is 56.9 Å². The normalized spacial score (nSPS) is 22.2. The van der Waals surface area contributed by atoms with Gasteiger partial charge in [0.25, 0.3) is 5.56 Å². The molecule has 0 aromatic carbocycles. The molecule has 0 saturated carbocycles. The van der Waals surface area contributed by atoms with Crippen molar-refractivity contribution < 1.29 is 0 Å². The van der Waals surface area contributed by atoms with Gasteiger partial charge in [-0.2, -0.15) is 0 Å². The van der Waals surface area contributed by atoms with Crippen molar-refractivity contribution in [3.8, 4) is 0 Å². The summed E-state index contributed by atoms with van der Waals surface area (Å²) in [4.78, 5) is 14.2. The van der Waals surface area contributed by atoms with Crippen molar-refractivity contribution in [3.63, 3.8) is 0 Å². The summed E-state index contributed by atoms with van der Waals surface area (Å²) >= 11 is 3.34. The standard InChI is InChI=1S/C9H12BrN3O/c10-6-3-7(9(14)13-4-6)8-5-11-1-2-12-8/h3-4,8,11-12H,1-2,5H2,(H,13,14). The quantitative estimate of drug-likeness (QED) is 0.682. The lowest BCUT2D eigenvalue weighted by molar-refractivity contribution is 0.427. The largest absolute Gasteiger partial charge is 0.328 e. The highest BCUT2D eigenvalue weighted by molar-refractivity contribution is 9.10. The molecule has 0 spiro atoms. The molecule has 1 aromatic rings. The summed E-state index contributed by atoms with van der Waals surface area (Å²) in [6, 6.07) is 1.98. The van der Waals surface area contributed by atoms with Crippen molar-refractivity contribution in [2.24, 2.45) is 0 Å². The van der Waals surface area contributed by atoms with E-state index in [1.807, 2.05) is 6.07 Å². The van der Waals surface area contributed by atoms with Crippen LogP contribution in [0.15, 0.2) is 21.5 Å². The van der Waals surface area contributed by atoms with Crippen molar-refractivity contribution >= 4 is 15.9 Å². The Morgan fingerprint density at radius 2 is 2.29 bits per heavy atom. The number of H-pyrrole nitrogens is 1. The van der Waals surface area contributed by atoms with E-state index in [0.29, 0.717) is 0 Å². The predicted molar refractivity (Wildman–Crippen MR) is 58.4 cm³/mol. The Labute approximate surface area is 90.2 Å². The van der Waals surface area contributed by atoms with Gasteiger partial charge >= 0.3 is 0 Å². The molecule has 1 aliphatic rings. The number of aromatic nitrogens is 1. The lowest BCUT2D eigenvalue weighted by Gasteiger charge is -2.24. The van der Waals surface area contributed by atoms with E-state index in [-0.39, 0.29) is 11.6 Å². The van der Waals surface area contributed by atoms with Crippen molar-refractivity contribution in [1.82, 2.24) is 15.6 Å². The third-order valence-corrected chi connectivity index (χ3v) is 2.77. The van der Waals surface area contributed by atoms with Crippen LogP contribution in [0.1, 0.15) is 11.6 Å². The second kappa shape index (κ2) is 4.25. The highest BCUT2D eigenvalue weighted by Gasteiger charge is 2.17. The van der Waals surface area contributed by atoms with Crippen LogP contribution in [0, 0.1) is 0 Å². The van der Waals surface area contributed by atoms with Crippen molar-refractivity contribution in [1.29, 1.82) is 0 Å². The zero-order valence-corrected chi connectivity index (χ0v) is 9.23. The number of rotatable bonds is 1. The molecular weight excluding hydrogens is 246 g/mol. The summed E-state index contributed by atoms with van der Waals surface area (Å²) in [7, 11) is 0. The molecule has 3 N–H and O–H groups in total. The van der Waals surface area contributed by atoms with Crippen LogP contribution in [0.5, 0.6) is 0 Å². The molecule has 1 aromatic heterocycles. The maximum atomic E-state index is 11.5. The number of aromatic amines is 1. The highest BCUT2D eigenvalue weighted by atomic mass is 79.9. The maximum Gasteiger partial charge on any atom is 0.252 e. The molecule has 0 bridgehead atoms. The van der Waals surface area contributed by atoms with Crippen LogP contribution in [0.4, 0.5) is 0 Å². The third-order valence-electron chi connectivity index (χ3n) is 2.31. The Bertz CT molecular complexity index is 371. The van der Waals surface area contributed by atoms with Crippen molar-refractivity contribution in [2.75, 3.05) is 19.6 Å². The zero-order valence-electron chi connectivity index (χ0n) is 7.64. The average Bonchev–Trinajstić information content (AvgIpc) is 2.23. The van der Waals surface area contributed by atoms with Gasteiger partial charge in [0.15, 0.2) is 0 Å². The van der Waals surface area contributed by atoms with Crippen LogP contribution >= 0.6 is 15.9 Å². The van der Waals surface area contributed by atoms with Crippen LogP contribution in [-0.2, 0) is 0 Å². The molecule has 5 heteroatoms. The Balaban J connectivity index is 2.29. The van der Waals surface area contributed by atoms with E-state index in [1.54, 1.807) is 6.20 Å². The van der Waals surface area contributed by atoms with E-state index in [4.69, 9.17) is 0 Å². The van der Waals surface area contributed by atoms with Gasteiger partial charge in [0.2, 0.25) is 0 Å². The first kappa shape index (κ1) is 9.89. The van der Waals surface area contributed by atoms with Gasteiger partial charge in [0.05, 0.1) is 6.04 Å². The number of pyridine rings is 1. The van der Waals surface area contributed by atoms with Gasteiger partial charge in [-0.15, -0.1) is 0 Å². The second-order valence-corrected chi connectivity index (χ2v) is 4.23. The van der Waals surface area contributed by atoms with E-state index < -0.39 is 0 Å². The Hall–Kier alpha value is -0.650. The van der Waals surface area contributed by atoms with Gasteiger partial charge in [0, 0.05) is 35.9 Å². The van der Waals surface area contributed by atoms with Crippen LogP contribution in [-0.4, -0.2) is 24.6 Å². The van der Waals surface area contributed by atoms with Gasteiger partial charge in [-0.3, -0.25) is 4.79 Å². The fraction of sp³-hybridized carbons (Fsp3) is 0.444. The molecular formula is C9H12BrN3O. The number of piperazine rings is 1. The van der Waals surface area contributed by atoms with E-state index in [1.165, 1.54) is 0 Å². The van der Waals surface area contributed by atoms with E-state index in [0.717, 1.165) is 29.7 Å². The molecule has 2 rings (SSSR count). The summed E-state index contributed by atoms with van der Waals surface area (Å²) in [6.07, 6.45) is 1.65. The molecule has 1 saturated heterocycles. The first-order chi connectivity index (χ1) is 6.77. The van der Waals surface area contributed by atoms with E-state index in [9.17, 15) is 4.79 Å². The first-order valence-electron chi connectivity index (χ1n) is 4.59. The van der Waals surface area contributed by atoms with Crippen LogP contribution < -0.4 is 16.2 Å². The van der Waals surface area contributed by atoms with Gasteiger partial charge < -0.3 is 15.6 Å². The minimum Gasteiger partial charge on any atom is -0.328 e. The number of halogens is 1. The fourth-order valence-corrected chi connectivity index (χ4v) is 1.97. The maximum absolute atomic E-state index is 11.5. The van der Waals surface area contributed by atoms with E-state index in [2.05, 4.69) is 31.5 Å². The van der Waals surface area contributed by atoms with Gasteiger partial charge in [0.1, 0.15) is 0 Å². The van der Waals surface area contributed by atoms with E-state index >= 15 is 0 Å².